The number of halogens is 1. The first-order valence-electron chi connectivity index (χ1n) is 8.09. The number of carbonyl (C=O) groups excluding carboxylic acids is 2. The third-order valence-electron chi connectivity index (χ3n) is 3.57. The highest BCUT2D eigenvalue weighted by atomic mass is 32.2. The molecule has 0 unspecified atom stereocenters. The van der Waals surface area contributed by atoms with E-state index in [4.69, 9.17) is 4.74 Å². The van der Waals surface area contributed by atoms with E-state index >= 15 is 0 Å². The molecule has 0 saturated carbocycles. The quantitative estimate of drug-likeness (QED) is 0.688. The number of para-hydroxylation sites is 1. The number of esters is 1. The molecule has 0 saturated heterocycles. The lowest BCUT2D eigenvalue weighted by Crippen LogP contribution is -2.36. The second-order valence-electron chi connectivity index (χ2n) is 5.41. The normalized spacial score (nSPS) is 11.0. The number of amides is 1. The van der Waals surface area contributed by atoms with Gasteiger partial charge in [0.15, 0.2) is 6.61 Å². The van der Waals surface area contributed by atoms with Gasteiger partial charge in [-0.3, -0.25) is 9.59 Å². The Morgan fingerprint density at radius 3 is 2.30 bits per heavy atom. The van der Waals surface area contributed by atoms with Crippen LogP contribution in [0.3, 0.4) is 0 Å². The molecular formula is C18H19FN2O5S. The topological polar surface area (TPSA) is 92.8 Å². The summed E-state index contributed by atoms with van der Waals surface area (Å²) in [6.45, 7) is 1.01. The maximum atomic E-state index is 12.9. The summed E-state index contributed by atoms with van der Waals surface area (Å²) in [5.41, 5.74) is 0.665. The molecule has 0 aliphatic carbocycles. The summed E-state index contributed by atoms with van der Waals surface area (Å²) < 4.78 is 43.8. The van der Waals surface area contributed by atoms with Gasteiger partial charge in [-0.2, -0.15) is 4.72 Å². The van der Waals surface area contributed by atoms with E-state index in [2.05, 4.69) is 0 Å². The Bertz CT molecular complexity index is 886. The van der Waals surface area contributed by atoms with Gasteiger partial charge in [-0.25, -0.2) is 12.8 Å². The first kappa shape index (κ1) is 20.5. The van der Waals surface area contributed by atoms with E-state index in [1.807, 2.05) is 10.8 Å². The lowest BCUT2D eigenvalue weighted by atomic mass is 10.3. The van der Waals surface area contributed by atoms with Crippen LogP contribution < -0.4 is 9.62 Å². The number of hydrogen-bond acceptors (Lipinski definition) is 5. The number of hydrogen-bond donors (Lipinski definition) is 1. The molecule has 0 heterocycles. The Labute approximate surface area is 156 Å². The van der Waals surface area contributed by atoms with Crippen molar-refractivity contribution in [2.24, 2.45) is 0 Å². The molecule has 2 aromatic rings. The lowest BCUT2D eigenvalue weighted by molar-refractivity contribution is -0.146. The van der Waals surface area contributed by atoms with Crippen molar-refractivity contribution in [3.8, 4) is 0 Å². The van der Waals surface area contributed by atoms with Crippen LogP contribution in [0.25, 0.3) is 0 Å². The van der Waals surface area contributed by atoms with Crippen molar-refractivity contribution < 1.29 is 27.1 Å². The first-order chi connectivity index (χ1) is 12.8. The van der Waals surface area contributed by atoms with Crippen LogP contribution in [0.5, 0.6) is 0 Å². The van der Waals surface area contributed by atoms with Gasteiger partial charge in [0, 0.05) is 12.2 Å². The lowest BCUT2D eigenvalue weighted by Gasteiger charge is -2.20. The Kier molecular flexibility index (Phi) is 7.03. The number of nitrogens with one attached hydrogen (secondary N) is 1. The minimum atomic E-state index is -3.99. The van der Waals surface area contributed by atoms with E-state index in [1.54, 1.807) is 31.2 Å². The van der Waals surface area contributed by atoms with Gasteiger partial charge in [-0.05, 0) is 43.3 Å². The molecule has 7 nitrogen and oxygen atoms in total. The Morgan fingerprint density at radius 2 is 1.70 bits per heavy atom. The van der Waals surface area contributed by atoms with E-state index in [0.29, 0.717) is 12.2 Å². The van der Waals surface area contributed by atoms with Crippen molar-refractivity contribution in [3.63, 3.8) is 0 Å². The number of ether oxygens (including phenoxy) is 1. The monoisotopic (exact) mass is 394 g/mol. The molecule has 1 N–H and O–H groups in total. The number of anilines is 1. The highest BCUT2D eigenvalue weighted by Gasteiger charge is 2.18. The predicted molar refractivity (Wildman–Crippen MR) is 97.0 cm³/mol. The van der Waals surface area contributed by atoms with Gasteiger partial charge < -0.3 is 9.64 Å². The molecule has 0 atom stereocenters. The Hall–Kier alpha value is -2.78. The van der Waals surface area contributed by atoms with Gasteiger partial charge in [0.05, 0.1) is 4.90 Å². The molecule has 1 amide bonds. The van der Waals surface area contributed by atoms with Crippen molar-refractivity contribution in [2.45, 2.75) is 11.8 Å². The van der Waals surface area contributed by atoms with Gasteiger partial charge in [0.2, 0.25) is 10.0 Å². The zero-order chi connectivity index (χ0) is 19.9. The SMILES string of the molecule is CCN(C(=O)COC(=O)CNS(=O)(=O)c1ccc(F)cc1)c1ccccc1. The van der Waals surface area contributed by atoms with E-state index < -0.39 is 40.9 Å². The largest absolute Gasteiger partial charge is 0.455 e. The summed E-state index contributed by atoms with van der Waals surface area (Å²) in [4.78, 5) is 25.2. The predicted octanol–water partition coefficient (Wildman–Crippen LogP) is 1.70. The maximum Gasteiger partial charge on any atom is 0.321 e. The van der Waals surface area contributed by atoms with E-state index in [1.165, 1.54) is 4.90 Å². The van der Waals surface area contributed by atoms with Crippen LogP contribution in [0.1, 0.15) is 6.92 Å². The van der Waals surface area contributed by atoms with Crippen LogP contribution in [0.4, 0.5) is 10.1 Å². The van der Waals surface area contributed by atoms with E-state index in [0.717, 1.165) is 24.3 Å². The molecule has 0 bridgehead atoms. The Morgan fingerprint density at radius 1 is 1.07 bits per heavy atom. The molecule has 144 valence electrons. The fraction of sp³-hybridized carbons (Fsp3) is 0.222. The minimum Gasteiger partial charge on any atom is -0.455 e. The summed E-state index contributed by atoms with van der Waals surface area (Å²) in [7, 11) is -3.99. The number of benzene rings is 2. The molecular weight excluding hydrogens is 375 g/mol. The zero-order valence-corrected chi connectivity index (χ0v) is 15.4. The smallest absolute Gasteiger partial charge is 0.321 e. The number of sulfonamides is 1. The summed E-state index contributed by atoms with van der Waals surface area (Å²) in [5.74, 6) is -1.91. The second kappa shape index (κ2) is 9.24. The van der Waals surface area contributed by atoms with Gasteiger partial charge in [0.25, 0.3) is 5.91 Å². The average molecular weight is 394 g/mol. The van der Waals surface area contributed by atoms with Crippen molar-refractivity contribution in [1.29, 1.82) is 0 Å². The number of carbonyl (C=O) groups is 2. The molecule has 2 aromatic carbocycles. The van der Waals surface area contributed by atoms with Crippen molar-refractivity contribution in [3.05, 3.63) is 60.4 Å². The first-order valence-corrected chi connectivity index (χ1v) is 9.58. The van der Waals surface area contributed by atoms with Crippen LogP contribution in [0.15, 0.2) is 59.5 Å². The van der Waals surface area contributed by atoms with E-state index in [-0.39, 0.29) is 4.90 Å². The third kappa shape index (κ3) is 5.87. The van der Waals surface area contributed by atoms with Gasteiger partial charge >= 0.3 is 5.97 Å². The van der Waals surface area contributed by atoms with Crippen molar-refractivity contribution in [1.82, 2.24) is 4.72 Å². The highest BCUT2D eigenvalue weighted by molar-refractivity contribution is 7.89. The van der Waals surface area contributed by atoms with Crippen LogP contribution in [0, 0.1) is 5.82 Å². The minimum absolute atomic E-state index is 0.186. The molecule has 0 radical (unpaired) electrons. The second-order valence-corrected chi connectivity index (χ2v) is 7.18. The highest BCUT2D eigenvalue weighted by Crippen LogP contribution is 2.13. The average Bonchev–Trinajstić information content (AvgIpc) is 2.66. The summed E-state index contributed by atoms with van der Waals surface area (Å²) in [6, 6.07) is 13.0. The van der Waals surface area contributed by atoms with E-state index in [9.17, 15) is 22.4 Å². The molecule has 0 spiro atoms. The van der Waals surface area contributed by atoms with Gasteiger partial charge in [-0.15, -0.1) is 0 Å². The summed E-state index contributed by atoms with van der Waals surface area (Å²) in [6.07, 6.45) is 0. The summed E-state index contributed by atoms with van der Waals surface area (Å²) >= 11 is 0. The molecule has 2 rings (SSSR count). The molecule has 0 aromatic heterocycles. The fourth-order valence-corrected chi connectivity index (χ4v) is 3.20. The maximum absolute atomic E-state index is 12.9. The third-order valence-corrected chi connectivity index (χ3v) is 4.99. The van der Waals surface area contributed by atoms with Crippen LogP contribution in [0.2, 0.25) is 0 Å². The number of nitrogens with zero attached hydrogens (tertiary/aromatic N) is 1. The van der Waals surface area contributed by atoms with Gasteiger partial charge in [-0.1, -0.05) is 18.2 Å². The van der Waals surface area contributed by atoms with Gasteiger partial charge in [0.1, 0.15) is 12.4 Å². The summed E-state index contributed by atoms with van der Waals surface area (Å²) in [5, 5.41) is 0. The van der Waals surface area contributed by atoms with Crippen LogP contribution in [-0.2, 0) is 24.3 Å². The molecule has 0 fully saturated rings. The van der Waals surface area contributed by atoms with Crippen LogP contribution in [-0.4, -0.2) is 40.0 Å². The van der Waals surface area contributed by atoms with Crippen LogP contribution >= 0.6 is 0 Å². The number of rotatable bonds is 8. The fourth-order valence-electron chi connectivity index (χ4n) is 2.23. The standard InChI is InChI=1S/C18H19FN2O5S/c1-2-21(15-6-4-3-5-7-15)17(22)13-26-18(23)12-20-27(24,25)16-10-8-14(19)9-11-16/h3-11,20H,2,12-13H2,1H3. The van der Waals surface area contributed by atoms with Crippen molar-refractivity contribution >= 4 is 27.6 Å². The Balaban J connectivity index is 1.86. The molecule has 9 heteroatoms. The zero-order valence-electron chi connectivity index (χ0n) is 14.6. The molecule has 0 aliphatic rings. The molecule has 27 heavy (non-hydrogen) atoms. The van der Waals surface area contributed by atoms with Crippen molar-refractivity contribution in [2.75, 3.05) is 24.6 Å². The molecule has 0 aliphatic heterocycles. The number of likely N-dealkylation sites (N-methyl/N-ethyl adjacent to an activating group) is 1.